The Morgan fingerprint density at radius 1 is 1.18 bits per heavy atom. The van der Waals surface area contributed by atoms with Gasteiger partial charge in [-0.25, -0.2) is 0 Å². The maximum Gasteiger partial charge on any atom is 0.311 e. The largest absolute Gasteiger partial charge is 0.493 e. The molecule has 1 aromatic rings. The van der Waals surface area contributed by atoms with E-state index < -0.39 is 11.4 Å². The van der Waals surface area contributed by atoms with E-state index in [0.29, 0.717) is 32.7 Å². The molecule has 2 heterocycles. The van der Waals surface area contributed by atoms with Crippen LogP contribution in [0.5, 0.6) is 5.75 Å². The van der Waals surface area contributed by atoms with Gasteiger partial charge in [0.2, 0.25) is 11.8 Å². The first-order valence-electron chi connectivity index (χ1n) is 9.87. The Morgan fingerprint density at radius 3 is 2.61 bits per heavy atom. The summed E-state index contributed by atoms with van der Waals surface area (Å²) < 4.78 is 5.59. The lowest BCUT2D eigenvalue weighted by molar-refractivity contribution is -0.147. The van der Waals surface area contributed by atoms with Crippen LogP contribution in [0.1, 0.15) is 32.6 Å². The average molecular weight is 388 g/mol. The van der Waals surface area contributed by atoms with Crippen molar-refractivity contribution in [2.45, 2.75) is 32.6 Å². The van der Waals surface area contributed by atoms with Gasteiger partial charge in [0.25, 0.3) is 0 Å². The molecule has 28 heavy (non-hydrogen) atoms. The number of ether oxygens (including phenoxy) is 1. The third-order valence-corrected chi connectivity index (χ3v) is 5.75. The van der Waals surface area contributed by atoms with Crippen molar-refractivity contribution in [3.63, 3.8) is 0 Å². The minimum atomic E-state index is -0.866. The predicted octanol–water partition coefficient (Wildman–Crippen LogP) is 2.02. The number of carboxylic acid groups (broad SMARTS) is 1. The summed E-state index contributed by atoms with van der Waals surface area (Å²) in [4.78, 5) is 40.2. The fourth-order valence-electron chi connectivity index (χ4n) is 3.92. The number of rotatable bonds is 6. The van der Waals surface area contributed by atoms with Crippen molar-refractivity contribution in [1.82, 2.24) is 9.80 Å². The summed E-state index contributed by atoms with van der Waals surface area (Å²) >= 11 is 0. The Bertz CT molecular complexity index is 723. The quantitative estimate of drug-likeness (QED) is 0.806. The number of likely N-dealkylation sites (tertiary alicyclic amines) is 2. The first kappa shape index (κ1) is 20.2. The van der Waals surface area contributed by atoms with Gasteiger partial charge in [-0.1, -0.05) is 18.2 Å². The van der Waals surface area contributed by atoms with Gasteiger partial charge in [-0.2, -0.15) is 0 Å². The third-order valence-electron chi connectivity index (χ3n) is 5.75. The van der Waals surface area contributed by atoms with E-state index in [1.807, 2.05) is 30.3 Å². The monoisotopic (exact) mass is 388 g/mol. The number of amides is 2. The number of nitrogens with zero attached hydrogens (tertiary/aromatic N) is 2. The van der Waals surface area contributed by atoms with Gasteiger partial charge in [-0.15, -0.1) is 0 Å². The molecule has 0 spiro atoms. The molecule has 2 amide bonds. The molecule has 0 bridgehead atoms. The second-order valence-corrected chi connectivity index (χ2v) is 7.97. The van der Waals surface area contributed by atoms with Gasteiger partial charge in [0, 0.05) is 26.2 Å². The van der Waals surface area contributed by atoms with Crippen LogP contribution < -0.4 is 4.74 Å². The van der Waals surface area contributed by atoms with Gasteiger partial charge in [0.1, 0.15) is 5.75 Å². The maximum absolute atomic E-state index is 12.8. The SMILES string of the molecule is CC1(C(=O)O)CCN(C(=O)C2CCCN(C(=O)CCOc3ccccc3)C2)C1. The van der Waals surface area contributed by atoms with Crippen molar-refractivity contribution in [2.24, 2.45) is 11.3 Å². The lowest BCUT2D eigenvalue weighted by Gasteiger charge is -2.34. The minimum absolute atomic E-state index is 0.00905. The number of carbonyl (C=O) groups is 3. The van der Waals surface area contributed by atoms with E-state index in [4.69, 9.17) is 4.74 Å². The van der Waals surface area contributed by atoms with Crippen molar-refractivity contribution in [3.05, 3.63) is 30.3 Å². The maximum atomic E-state index is 12.8. The van der Waals surface area contributed by atoms with Crippen molar-refractivity contribution in [3.8, 4) is 5.75 Å². The number of benzene rings is 1. The molecule has 152 valence electrons. The molecule has 2 atom stereocenters. The van der Waals surface area contributed by atoms with Gasteiger partial charge in [0.15, 0.2) is 0 Å². The van der Waals surface area contributed by atoms with E-state index >= 15 is 0 Å². The normalized spacial score (nSPS) is 24.8. The zero-order valence-electron chi connectivity index (χ0n) is 16.3. The number of hydrogen-bond acceptors (Lipinski definition) is 4. The summed E-state index contributed by atoms with van der Waals surface area (Å²) in [6.45, 7) is 3.77. The summed E-state index contributed by atoms with van der Waals surface area (Å²) in [5.41, 5.74) is -0.866. The Morgan fingerprint density at radius 2 is 1.93 bits per heavy atom. The molecule has 0 aliphatic carbocycles. The highest BCUT2D eigenvalue weighted by molar-refractivity contribution is 5.83. The van der Waals surface area contributed by atoms with E-state index in [1.54, 1.807) is 16.7 Å². The summed E-state index contributed by atoms with van der Waals surface area (Å²) in [6.07, 6.45) is 2.27. The smallest absolute Gasteiger partial charge is 0.311 e. The molecule has 0 aromatic heterocycles. The average Bonchev–Trinajstić information content (AvgIpc) is 3.12. The summed E-state index contributed by atoms with van der Waals surface area (Å²) in [5, 5.41) is 9.36. The van der Waals surface area contributed by atoms with Crippen LogP contribution in [-0.2, 0) is 14.4 Å². The Labute approximate surface area is 165 Å². The second kappa shape index (κ2) is 8.63. The van der Waals surface area contributed by atoms with Crippen LogP contribution in [-0.4, -0.2) is 65.5 Å². The van der Waals surface area contributed by atoms with Crippen molar-refractivity contribution >= 4 is 17.8 Å². The molecule has 7 nitrogen and oxygen atoms in total. The molecule has 2 aliphatic rings. The van der Waals surface area contributed by atoms with Crippen LogP contribution in [0.15, 0.2) is 30.3 Å². The lowest BCUT2D eigenvalue weighted by atomic mass is 9.90. The van der Waals surface area contributed by atoms with E-state index in [9.17, 15) is 19.5 Å². The minimum Gasteiger partial charge on any atom is -0.493 e. The number of para-hydroxylation sites is 1. The highest BCUT2D eigenvalue weighted by atomic mass is 16.5. The van der Waals surface area contributed by atoms with Gasteiger partial charge in [0.05, 0.1) is 24.4 Å². The first-order chi connectivity index (χ1) is 13.4. The molecule has 2 fully saturated rings. The third kappa shape index (κ3) is 4.64. The Hall–Kier alpha value is -2.57. The van der Waals surface area contributed by atoms with Crippen LogP contribution in [0.4, 0.5) is 0 Å². The summed E-state index contributed by atoms with van der Waals surface area (Å²) in [7, 11) is 0. The highest BCUT2D eigenvalue weighted by Gasteiger charge is 2.43. The Balaban J connectivity index is 1.48. The number of aliphatic carboxylic acids is 1. The van der Waals surface area contributed by atoms with Crippen molar-refractivity contribution in [1.29, 1.82) is 0 Å². The number of carboxylic acids is 1. The van der Waals surface area contributed by atoms with E-state index in [1.165, 1.54) is 0 Å². The van der Waals surface area contributed by atoms with E-state index in [0.717, 1.165) is 18.6 Å². The number of piperidine rings is 1. The first-order valence-corrected chi connectivity index (χ1v) is 9.87. The summed E-state index contributed by atoms with van der Waals surface area (Å²) in [6, 6.07) is 9.36. The van der Waals surface area contributed by atoms with Crippen molar-refractivity contribution < 1.29 is 24.2 Å². The lowest BCUT2D eigenvalue weighted by Crippen LogP contribution is -2.47. The van der Waals surface area contributed by atoms with E-state index in [-0.39, 0.29) is 30.7 Å². The zero-order valence-corrected chi connectivity index (χ0v) is 16.3. The van der Waals surface area contributed by atoms with Gasteiger partial charge >= 0.3 is 5.97 Å². The van der Waals surface area contributed by atoms with Crippen LogP contribution in [0.3, 0.4) is 0 Å². The van der Waals surface area contributed by atoms with Gasteiger partial charge in [-0.05, 0) is 38.3 Å². The molecule has 0 saturated carbocycles. The standard InChI is InChI=1S/C21H28N2O5/c1-21(20(26)27)10-12-23(15-21)19(25)16-6-5-11-22(14-16)18(24)9-13-28-17-7-3-2-4-8-17/h2-4,7-8,16H,5-6,9-15H2,1H3,(H,26,27). The Kier molecular flexibility index (Phi) is 6.21. The zero-order chi connectivity index (χ0) is 20.1. The fourth-order valence-corrected chi connectivity index (χ4v) is 3.92. The molecule has 1 N–H and O–H groups in total. The molecular weight excluding hydrogens is 360 g/mol. The van der Waals surface area contributed by atoms with Crippen LogP contribution in [0.25, 0.3) is 0 Å². The molecule has 2 unspecified atom stereocenters. The number of carbonyl (C=O) groups excluding carboxylic acids is 2. The van der Waals surface area contributed by atoms with Crippen LogP contribution >= 0.6 is 0 Å². The van der Waals surface area contributed by atoms with Crippen LogP contribution in [0, 0.1) is 11.3 Å². The predicted molar refractivity (Wildman–Crippen MR) is 103 cm³/mol. The molecule has 2 saturated heterocycles. The molecule has 7 heteroatoms. The van der Waals surface area contributed by atoms with Gasteiger partial charge < -0.3 is 19.6 Å². The highest BCUT2D eigenvalue weighted by Crippen LogP contribution is 2.32. The molecule has 1 aromatic carbocycles. The topological polar surface area (TPSA) is 87.2 Å². The summed E-state index contributed by atoms with van der Waals surface area (Å²) in [5.74, 6) is -0.406. The molecule has 0 radical (unpaired) electrons. The van der Waals surface area contributed by atoms with Crippen LogP contribution in [0.2, 0.25) is 0 Å². The molecule has 3 rings (SSSR count). The molecule has 2 aliphatic heterocycles. The molecular formula is C21H28N2O5. The fraction of sp³-hybridized carbons (Fsp3) is 0.571. The van der Waals surface area contributed by atoms with Gasteiger partial charge in [-0.3, -0.25) is 14.4 Å². The second-order valence-electron chi connectivity index (χ2n) is 7.97. The number of hydrogen-bond donors (Lipinski definition) is 1. The van der Waals surface area contributed by atoms with Crippen molar-refractivity contribution in [2.75, 3.05) is 32.8 Å². The van der Waals surface area contributed by atoms with E-state index in [2.05, 4.69) is 0 Å².